The molecule has 0 saturated carbocycles. The Morgan fingerprint density at radius 2 is 1.85 bits per heavy atom. The predicted octanol–water partition coefficient (Wildman–Crippen LogP) is 2.96. The first-order valence-electron chi connectivity index (χ1n) is 9.22. The second kappa shape index (κ2) is 9.21. The highest BCUT2D eigenvalue weighted by Gasteiger charge is 2.21. The molecule has 1 aliphatic heterocycles. The highest BCUT2D eigenvalue weighted by Crippen LogP contribution is 2.23. The third kappa shape index (κ3) is 5.09. The number of carbonyl (C=O) groups excluding carboxylic acids is 1. The number of esters is 1. The van der Waals surface area contributed by atoms with Crippen molar-refractivity contribution in [2.45, 2.75) is 19.8 Å². The van der Waals surface area contributed by atoms with Crippen LogP contribution in [0, 0.1) is 5.92 Å². The van der Waals surface area contributed by atoms with Crippen molar-refractivity contribution in [3.63, 3.8) is 0 Å². The number of carbonyl (C=O) groups is 1. The van der Waals surface area contributed by atoms with Gasteiger partial charge in [0.1, 0.15) is 5.75 Å². The monoisotopic (exact) mass is 371 g/mol. The van der Waals surface area contributed by atoms with Crippen LogP contribution in [0.25, 0.3) is 0 Å². The van der Waals surface area contributed by atoms with E-state index in [-0.39, 0.29) is 5.97 Å². The Morgan fingerprint density at radius 3 is 2.44 bits per heavy atom. The number of rotatable bonds is 7. The largest absolute Gasteiger partial charge is 0.493 e. The molecule has 3 rings (SSSR count). The lowest BCUT2D eigenvalue weighted by Gasteiger charge is -2.32. The fourth-order valence-corrected chi connectivity index (χ4v) is 3.03. The predicted molar refractivity (Wildman–Crippen MR) is 101 cm³/mol. The van der Waals surface area contributed by atoms with E-state index in [2.05, 4.69) is 15.1 Å². The van der Waals surface area contributed by atoms with E-state index in [4.69, 9.17) is 14.2 Å². The summed E-state index contributed by atoms with van der Waals surface area (Å²) in [6.07, 6.45) is 2.07. The molecule has 1 fully saturated rings. The standard InChI is InChI=1S/C20H25N3O4/c1-3-26-20(24)16-4-6-17(7-5-16)27-14-15-10-12-23(13-11-15)18-8-9-19(25-2)22-21-18/h4-9,15H,3,10-14H2,1-2H3. The lowest BCUT2D eigenvalue weighted by molar-refractivity contribution is 0.0526. The summed E-state index contributed by atoms with van der Waals surface area (Å²) >= 11 is 0. The molecular weight excluding hydrogens is 346 g/mol. The highest BCUT2D eigenvalue weighted by molar-refractivity contribution is 5.89. The molecule has 2 heterocycles. The first kappa shape index (κ1) is 18.9. The van der Waals surface area contributed by atoms with E-state index in [0.29, 0.717) is 30.6 Å². The minimum absolute atomic E-state index is 0.307. The van der Waals surface area contributed by atoms with Gasteiger partial charge in [0.25, 0.3) is 0 Å². The first-order valence-corrected chi connectivity index (χ1v) is 9.22. The molecule has 1 aromatic carbocycles. The van der Waals surface area contributed by atoms with Crippen molar-refractivity contribution >= 4 is 11.8 Å². The van der Waals surface area contributed by atoms with Crippen molar-refractivity contribution in [2.24, 2.45) is 5.92 Å². The third-order valence-corrected chi connectivity index (χ3v) is 4.62. The smallest absolute Gasteiger partial charge is 0.338 e. The molecule has 7 heteroatoms. The number of benzene rings is 1. The van der Waals surface area contributed by atoms with Crippen molar-refractivity contribution in [1.82, 2.24) is 10.2 Å². The molecular formula is C20H25N3O4. The van der Waals surface area contributed by atoms with Gasteiger partial charge in [0.15, 0.2) is 5.82 Å². The summed E-state index contributed by atoms with van der Waals surface area (Å²) in [6.45, 7) is 4.69. The van der Waals surface area contributed by atoms with Crippen LogP contribution < -0.4 is 14.4 Å². The Kier molecular flexibility index (Phi) is 6.46. The van der Waals surface area contributed by atoms with Crippen LogP contribution in [-0.2, 0) is 4.74 Å². The molecule has 0 radical (unpaired) electrons. The zero-order valence-corrected chi connectivity index (χ0v) is 15.8. The van der Waals surface area contributed by atoms with Crippen molar-refractivity contribution in [1.29, 1.82) is 0 Å². The van der Waals surface area contributed by atoms with Crippen molar-refractivity contribution in [3.8, 4) is 11.6 Å². The summed E-state index contributed by atoms with van der Waals surface area (Å²) in [4.78, 5) is 13.9. The Balaban J connectivity index is 1.44. The average Bonchev–Trinajstić information content (AvgIpc) is 2.73. The van der Waals surface area contributed by atoms with Gasteiger partial charge >= 0.3 is 5.97 Å². The zero-order chi connectivity index (χ0) is 19.1. The topological polar surface area (TPSA) is 73.8 Å². The van der Waals surface area contributed by atoms with E-state index in [1.165, 1.54) is 0 Å². The summed E-state index contributed by atoms with van der Waals surface area (Å²) in [7, 11) is 1.58. The number of nitrogens with zero attached hydrogens (tertiary/aromatic N) is 3. The Morgan fingerprint density at radius 1 is 1.11 bits per heavy atom. The highest BCUT2D eigenvalue weighted by atomic mass is 16.5. The second-order valence-electron chi connectivity index (χ2n) is 6.42. The molecule has 0 spiro atoms. The summed E-state index contributed by atoms with van der Waals surface area (Å²) in [5, 5.41) is 8.24. The normalized spacial score (nSPS) is 14.7. The second-order valence-corrected chi connectivity index (χ2v) is 6.42. The fourth-order valence-electron chi connectivity index (χ4n) is 3.03. The molecule has 0 atom stereocenters. The van der Waals surface area contributed by atoms with Gasteiger partial charge in [0, 0.05) is 19.2 Å². The quantitative estimate of drug-likeness (QED) is 0.693. The van der Waals surface area contributed by atoms with E-state index in [9.17, 15) is 4.79 Å². The maximum Gasteiger partial charge on any atom is 0.338 e. The average molecular weight is 371 g/mol. The van der Waals surface area contributed by atoms with Crippen molar-refractivity contribution in [2.75, 3.05) is 38.3 Å². The number of hydrogen-bond donors (Lipinski definition) is 0. The fraction of sp³-hybridized carbons (Fsp3) is 0.450. The van der Waals surface area contributed by atoms with Gasteiger partial charge in [-0.3, -0.25) is 0 Å². The molecule has 0 bridgehead atoms. The molecule has 1 aromatic heterocycles. The number of anilines is 1. The number of aromatic nitrogens is 2. The van der Waals surface area contributed by atoms with Crippen LogP contribution >= 0.6 is 0 Å². The maximum atomic E-state index is 11.7. The molecule has 0 unspecified atom stereocenters. The van der Waals surface area contributed by atoms with E-state index in [1.54, 1.807) is 26.2 Å². The van der Waals surface area contributed by atoms with E-state index < -0.39 is 0 Å². The van der Waals surface area contributed by atoms with Gasteiger partial charge in [-0.2, -0.15) is 0 Å². The summed E-state index contributed by atoms with van der Waals surface area (Å²) in [5.41, 5.74) is 0.540. The van der Waals surface area contributed by atoms with Crippen LogP contribution in [0.3, 0.4) is 0 Å². The number of piperidine rings is 1. The molecule has 144 valence electrons. The molecule has 2 aromatic rings. The molecule has 7 nitrogen and oxygen atoms in total. The van der Waals surface area contributed by atoms with E-state index in [0.717, 1.165) is 37.5 Å². The van der Waals surface area contributed by atoms with Gasteiger partial charge in [0.2, 0.25) is 5.88 Å². The lowest BCUT2D eigenvalue weighted by Crippen LogP contribution is -2.36. The number of ether oxygens (including phenoxy) is 3. The van der Waals surface area contributed by atoms with E-state index in [1.807, 2.05) is 24.3 Å². The maximum absolute atomic E-state index is 11.7. The van der Waals surface area contributed by atoms with Crippen molar-refractivity contribution in [3.05, 3.63) is 42.0 Å². The molecule has 0 amide bonds. The third-order valence-electron chi connectivity index (χ3n) is 4.62. The van der Waals surface area contributed by atoms with Gasteiger partial charge in [-0.25, -0.2) is 4.79 Å². The Labute approximate surface area is 159 Å². The van der Waals surface area contributed by atoms with E-state index >= 15 is 0 Å². The van der Waals surface area contributed by atoms with Crippen LogP contribution in [-0.4, -0.2) is 49.6 Å². The van der Waals surface area contributed by atoms with Gasteiger partial charge in [-0.1, -0.05) is 0 Å². The molecule has 1 aliphatic rings. The van der Waals surface area contributed by atoms with Crippen LogP contribution in [0.5, 0.6) is 11.6 Å². The SMILES string of the molecule is CCOC(=O)c1ccc(OCC2CCN(c3ccc(OC)nn3)CC2)cc1. The first-order chi connectivity index (χ1) is 13.2. The van der Waals surface area contributed by atoms with Crippen molar-refractivity contribution < 1.29 is 19.0 Å². The summed E-state index contributed by atoms with van der Waals surface area (Å²) in [5.74, 6) is 2.36. The van der Waals surface area contributed by atoms with Gasteiger partial charge in [-0.15, -0.1) is 10.2 Å². The Bertz CT molecular complexity index is 726. The minimum atomic E-state index is -0.307. The summed E-state index contributed by atoms with van der Waals surface area (Å²) in [6, 6.07) is 10.9. The van der Waals surface area contributed by atoms with Gasteiger partial charge < -0.3 is 19.1 Å². The number of methoxy groups -OCH3 is 1. The molecule has 0 aliphatic carbocycles. The lowest BCUT2D eigenvalue weighted by atomic mass is 9.98. The van der Waals surface area contributed by atoms with Crippen LogP contribution in [0.4, 0.5) is 5.82 Å². The Hall–Kier alpha value is -2.83. The van der Waals surface area contributed by atoms with Gasteiger partial charge in [0.05, 0.1) is 25.9 Å². The summed E-state index contributed by atoms with van der Waals surface area (Å²) < 4.78 is 15.9. The van der Waals surface area contributed by atoms with Crippen LogP contribution in [0.1, 0.15) is 30.1 Å². The van der Waals surface area contributed by atoms with Crippen LogP contribution in [0.15, 0.2) is 36.4 Å². The van der Waals surface area contributed by atoms with Crippen LogP contribution in [0.2, 0.25) is 0 Å². The number of hydrogen-bond acceptors (Lipinski definition) is 7. The molecule has 27 heavy (non-hydrogen) atoms. The molecule has 1 saturated heterocycles. The minimum Gasteiger partial charge on any atom is -0.493 e. The zero-order valence-electron chi connectivity index (χ0n) is 15.8. The van der Waals surface area contributed by atoms with Gasteiger partial charge in [-0.05, 0) is 56.0 Å². The molecule has 0 N–H and O–H groups in total.